The molecular formula is C23H19N3O2S2. The Hall–Kier alpha value is -3.29. The number of fused-ring (bicyclic) bond motifs is 1. The number of hydrogen-bond acceptors (Lipinski definition) is 5. The van der Waals surface area contributed by atoms with Crippen molar-refractivity contribution in [2.45, 2.75) is 6.92 Å². The molecule has 0 saturated carbocycles. The van der Waals surface area contributed by atoms with Gasteiger partial charge in [0.05, 0.1) is 16.8 Å². The first-order valence-electron chi connectivity index (χ1n) is 9.43. The summed E-state index contributed by atoms with van der Waals surface area (Å²) in [5, 5.41) is 6.93. The van der Waals surface area contributed by atoms with Crippen LogP contribution in [0.5, 0.6) is 5.75 Å². The van der Waals surface area contributed by atoms with E-state index < -0.39 is 0 Å². The van der Waals surface area contributed by atoms with E-state index in [0.29, 0.717) is 12.2 Å². The van der Waals surface area contributed by atoms with Gasteiger partial charge in [0.15, 0.2) is 5.11 Å². The first-order chi connectivity index (χ1) is 14.6. The zero-order valence-electron chi connectivity index (χ0n) is 16.2. The molecule has 5 nitrogen and oxygen atoms in total. The summed E-state index contributed by atoms with van der Waals surface area (Å²) in [5.74, 6) is 0.449. The van der Waals surface area contributed by atoms with Crippen molar-refractivity contribution in [1.82, 2.24) is 10.3 Å². The predicted molar refractivity (Wildman–Crippen MR) is 126 cm³/mol. The molecule has 30 heavy (non-hydrogen) atoms. The number of para-hydroxylation sites is 1. The minimum absolute atomic E-state index is 0.238. The Balaban J connectivity index is 1.37. The average molecular weight is 434 g/mol. The van der Waals surface area contributed by atoms with Crippen molar-refractivity contribution in [3.8, 4) is 16.3 Å². The average Bonchev–Trinajstić information content (AvgIpc) is 3.19. The molecule has 4 aromatic rings. The fourth-order valence-electron chi connectivity index (χ4n) is 2.90. The summed E-state index contributed by atoms with van der Waals surface area (Å²) in [5.41, 5.74) is 3.33. The van der Waals surface area contributed by atoms with E-state index in [-0.39, 0.29) is 11.0 Å². The number of nitrogens with zero attached hydrogens (tertiary/aromatic N) is 1. The number of hydrogen-bond donors (Lipinski definition) is 2. The van der Waals surface area contributed by atoms with Crippen LogP contribution >= 0.6 is 23.6 Å². The number of thiazole rings is 1. The molecule has 0 radical (unpaired) electrons. The third kappa shape index (κ3) is 4.64. The SMILES string of the molecule is CCOc1ccc(C(=O)NC(=S)Nc2ccc(-c3nc4ccccc4s3)cc2)cc1. The second-order valence-electron chi connectivity index (χ2n) is 6.43. The molecule has 1 aromatic heterocycles. The highest BCUT2D eigenvalue weighted by atomic mass is 32.1. The molecule has 1 amide bonds. The van der Waals surface area contributed by atoms with Gasteiger partial charge in [0.25, 0.3) is 5.91 Å². The number of carbonyl (C=O) groups is 1. The van der Waals surface area contributed by atoms with Crippen LogP contribution in [0.4, 0.5) is 5.69 Å². The summed E-state index contributed by atoms with van der Waals surface area (Å²) >= 11 is 6.93. The molecule has 0 aliphatic carbocycles. The van der Waals surface area contributed by atoms with Crippen molar-refractivity contribution in [2.75, 3.05) is 11.9 Å². The standard InChI is InChI=1S/C23H19N3O2S2/c1-2-28-18-13-9-15(10-14-18)21(27)26-23(29)24-17-11-7-16(8-12-17)22-25-19-5-3-4-6-20(19)30-22/h3-14H,2H2,1H3,(H2,24,26,27,29). The maximum atomic E-state index is 12.4. The Morgan fingerprint density at radius 3 is 2.47 bits per heavy atom. The molecule has 2 N–H and O–H groups in total. The van der Waals surface area contributed by atoms with Gasteiger partial charge in [-0.1, -0.05) is 12.1 Å². The van der Waals surface area contributed by atoms with Gasteiger partial charge in [-0.3, -0.25) is 10.1 Å². The third-order valence-electron chi connectivity index (χ3n) is 4.34. The van der Waals surface area contributed by atoms with Crippen LogP contribution in [0.1, 0.15) is 17.3 Å². The summed E-state index contributed by atoms with van der Waals surface area (Å²) in [7, 11) is 0. The molecule has 0 saturated heterocycles. The molecule has 0 fully saturated rings. The molecule has 0 aliphatic rings. The van der Waals surface area contributed by atoms with Gasteiger partial charge >= 0.3 is 0 Å². The number of rotatable bonds is 5. The molecule has 3 aromatic carbocycles. The maximum Gasteiger partial charge on any atom is 0.257 e. The van der Waals surface area contributed by atoms with Gasteiger partial charge in [0.1, 0.15) is 10.8 Å². The Bertz CT molecular complexity index is 1150. The van der Waals surface area contributed by atoms with Crippen molar-refractivity contribution in [3.05, 3.63) is 78.4 Å². The fourth-order valence-corrected chi connectivity index (χ4v) is 4.08. The smallest absolute Gasteiger partial charge is 0.257 e. The molecule has 0 atom stereocenters. The minimum Gasteiger partial charge on any atom is -0.494 e. The quantitative estimate of drug-likeness (QED) is 0.408. The van der Waals surface area contributed by atoms with Crippen LogP contribution < -0.4 is 15.4 Å². The monoisotopic (exact) mass is 433 g/mol. The topological polar surface area (TPSA) is 63.2 Å². The number of carbonyl (C=O) groups excluding carboxylic acids is 1. The van der Waals surface area contributed by atoms with E-state index in [9.17, 15) is 4.79 Å². The van der Waals surface area contributed by atoms with Gasteiger partial charge in [-0.05, 0) is 79.8 Å². The maximum absolute atomic E-state index is 12.4. The van der Waals surface area contributed by atoms with Crippen LogP contribution in [0, 0.1) is 0 Å². The molecule has 0 spiro atoms. The summed E-state index contributed by atoms with van der Waals surface area (Å²) in [4.78, 5) is 17.0. The van der Waals surface area contributed by atoms with Crippen LogP contribution in [-0.2, 0) is 0 Å². The van der Waals surface area contributed by atoms with Crippen LogP contribution in [0.3, 0.4) is 0 Å². The van der Waals surface area contributed by atoms with E-state index in [0.717, 1.165) is 32.2 Å². The lowest BCUT2D eigenvalue weighted by atomic mass is 10.2. The molecule has 7 heteroatoms. The lowest BCUT2D eigenvalue weighted by Gasteiger charge is -2.10. The number of nitrogens with one attached hydrogen (secondary N) is 2. The highest BCUT2D eigenvalue weighted by molar-refractivity contribution is 7.80. The lowest BCUT2D eigenvalue weighted by molar-refractivity contribution is 0.0977. The summed E-state index contributed by atoms with van der Waals surface area (Å²) in [6, 6.07) is 22.8. The highest BCUT2D eigenvalue weighted by Crippen LogP contribution is 2.30. The summed E-state index contributed by atoms with van der Waals surface area (Å²) in [6.07, 6.45) is 0. The van der Waals surface area contributed by atoms with E-state index in [1.165, 1.54) is 0 Å². The van der Waals surface area contributed by atoms with Gasteiger partial charge in [-0.15, -0.1) is 11.3 Å². The second-order valence-corrected chi connectivity index (χ2v) is 7.87. The highest BCUT2D eigenvalue weighted by Gasteiger charge is 2.09. The fraction of sp³-hybridized carbons (Fsp3) is 0.0870. The molecule has 0 bridgehead atoms. The summed E-state index contributed by atoms with van der Waals surface area (Å²) in [6.45, 7) is 2.49. The van der Waals surface area contributed by atoms with Crippen molar-refractivity contribution in [3.63, 3.8) is 0 Å². The lowest BCUT2D eigenvalue weighted by Crippen LogP contribution is -2.34. The number of ether oxygens (including phenoxy) is 1. The zero-order chi connectivity index (χ0) is 20.9. The normalized spacial score (nSPS) is 10.6. The van der Waals surface area contributed by atoms with Crippen LogP contribution in [0.25, 0.3) is 20.8 Å². The number of amides is 1. The third-order valence-corrected chi connectivity index (χ3v) is 5.63. The van der Waals surface area contributed by atoms with Gasteiger partial charge in [0, 0.05) is 16.8 Å². The predicted octanol–water partition coefficient (Wildman–Crippen LogP) is 5.49. The molecule has 4 rings (SSSR count). The van der Waals surface area contributed by atoms with Gasteiger partial charge in [-0.25, -0.2) is 4.98 Å². The number of anilines is 1. The Kier molecular flexibility index (Phi) is 6.02. The molecule has 150 valence electrons. The van der Waals surface area contributed by atoms with Crippen LogP contribution in [-0.4, -0.2) is 22.6 Å². The second kappa shape index (κ2) is 9.02. The number of thiocarbonyl (C=S) groups is 1. The zero-order valence-corrected chi connectivity index (χ0v) is 17.8. The first kappa shape index (κ1) is 20.0. The van der Waals surface area contributed by atoms with Crippen molar-refractivity contribution in [1.29, 1.82) is 0 Å². The molecule has 0 aliphatic heterocycles. The molecule has 0 unspecified atom stereocenters. The van der Waals surface area contributed by atoms with Crippen LogP contribution in [0.2, 0.25) is 0 Å². The van der Waals surface area contributed by atoms with Gasteiger partial charge in [-0.2, -0.15) is 0 Å². The van der Waals surface area contributed by atoms with E-state index >= 15 is 0 Å². The van der Waals surface area contributed by atoms with E-state index in [1.807, 2.05) is 49.4 Å². The molecule has 1 heterocycles. The van der Waals surface area contributed by atoms with E-state index in [2.05, 4.69) is 21.7 Å². The van der Waals surface area contributed by atoms with Crippen molar-refractivity contribution < 1.29 is 9.53 Å². The van der Waals surface area contributed by atoms with Gasteiger partial charge in [0.2, 0.25) is 0 Å². The van der Waals surface area contributed by atoms with Crippen molar-refractivity contribution in [2.24, 2.45) is 0 Å². The Morgan fingerprint density at radius 2 is 1.77 bits per heavy atom. The Morgan fingerprint density at radius 1 is 1.03 bits per heavy atom. The minimum atomic E-state index is -0.276. The molecular weight excluding hydrogens is 414 g/mol. The van der Waals surface area contributed by atoms with Crippen molar-refractivity contribution >= 4 is 50.5 Å². The van der Waals surface area contributed by atoms with E-state index in [4.69, 9.17) is 17.0 Å². The van der Waals surface area contributed by atoms with Gasteiger partial charge < -0.3 is 10.1 Å². The Labute approximate surface area is 183 Å². The first-order valence-corrected chi connectivity index (χ1v) is 10.7. The largest absolute Gasteiger partial charge is 0.494 e. The number of benzene rings is 3. The van der Waals surface area contributed by atoms with E-state index in [1.54, 1.807) is 35.6 Å². The number of aromatic nitrogens is 1. The summed E-state index contributed by atoms with van der Waals surface area (Å²) < 4.78 is 6.55. The van der Waals surface area contributed by atoms with Crippen LogP contribution in [0.15, 0.2) is 72.8 Å².